The molecule has 2 aromatic heterocycles. The van der Waals surface area contributed by atoms with Gasteiger partial charge < -0.3 is 9.80 Å². The number of hydrogen-bond donors (Lipinski definition) is 0. The number of carbonyl (C=O) groups excluding carboxylic acids is 1. The molecular formula is C19H23N5O. The van der Waals surface area contributed by atoms with E-state index >= 15 is 0 Å². The van der Waals surface area contributed by atoms with Gasteiger partial charge in [0.15, 0.2) is 0 Å². The van der Waals surface area contributed by atoms with Gasteiger partial charge in [-0.25, -0.2) is 9.97 Å². The number of piperidine rings is 1. The van der Waals surface area contributed by atoms with Crippen LogP contribution in [0.15, 0.2) is 30.6 Å². The van der Waals surface area contributed by atoms with E-state index < -0.39 is 0 Å². The summed E-state index contributed by atoms with van der Waals surface area (Å²) in [6, 6.07) is 5.42. The summed E-state index contributed by atoms with van der Waals surface area (Å²) < 4.78 is 0. The second-order valence-electron chi connectivity index (χ2n) is 6.97. The van der Waals surface area contributed by atoms with Crippen molar-refractivity contribution >= 4 is 5.91 Å². The Hall–Kier alpha value is -2.34. The molecule has 0 saturated carbocycles. The first-order chi connectivity index (χ1) is 12.2. The Labute approximate surface area is 147 Å². The summed E-state index contributed by atoms with van der Waals surface area (Å²) in [5.41, 5.74) is 2.66. The maximum atomic E-state index is 12.6. The van der Waals surface area contributed by atoms with Crippen molar-refractivity contribution in [1.29, 1.82) is 0 Å². The summed E-state index contributed by atoms with van der Waals surface area (Å²) in [7, 11) is 2.16. The number of carbonyl (C=O) groups is 1. The van der Waals surface area contributed by atoms with Gasteiger partial charge in [0, 0.05) is 43.4 Å². The highest BCUT2D eigenvalue weighted by Gasteiger charge is 2.26. The van der Waals surface area contributed by atoms with Crippen LogP contribution in [0, 0.1) is 0 Å². The number of amides is 1. The molecule has 6 nitrogen and oxygen atoms in total. The van der Waals surface area contributed by atoms with Gasteiger partial charge in [-0.15, -0.1) is 0 Å². The zero-order valence-electron chi connectivity index (χ0n) is 14.6. The molecule has 4 rings (SSSR count). The number of likely N-dealkylation sites (tertiary alicyclic amines) is 1. The van der Waals surface area contributed by atoms with E-state index in [1.54, 1.807) is 12.3 Å². The Bertz CT molecular complexity index is 756. The maximum absolute atomic E-state index is 12.6. The molecule has 0 spiro atoms. The lowest BCUT2D eigenvalue weighted by atomic mass is 9.95. The fourth-order valence-electron chi connectivity index (χ4n) is 3.62. The largest absolute Gasteiger partial charge is 0.332 e. The van der Waals surface area contributed by atoms with E-state index in [2.05, 4.69) is 21.9 Å². The van der Waals surface area contributed by atoms with Crippen molar-refractivity contribution in [2.45, 2.75) is 31.7 Å². The van der Waals surface area contributed by atoms with Crippen LogP contribution in [0.5, 0.6) is 0 Å². The molecule has 6 heteroatoms. The molecule has 0 unspecified atom stereocenters. The number of nitrogens with zero attached hydrogens (tertiary/aromatic N) is 5. The van der Waals surface area contributed by atoms with Crippen LogP contribution in [0.3, 0.4) is 0 Å². The van der Waals surface area contributed by atoms with E-state index in [1.807, 2.05) is 23.2 Å². The summed E-state index contributed by atoms with van der Waals surface area (Å²) >= 11 is 0. The quantitative estimate of drug-likeness (QED) is 0.837. The molecular weight excluding hydrogens is 314 g/mol. The number of pyridine rings is 1. The second kappa shape index (κ2) is 6.88. The molecule has 1 fully saturated rings. The predicted octanol–water partition coefficient (Wildman–Crippen LogP) is 1.88. The highest BCUT2D eigenvalue weighted by atomic mass is 16.2. The average molecular weight is 337 g/mol. The fourth-order valence-corrected chi connectivity index (χ4v) is 3.62. The van der Waals surface area contributed by atoms with Gasteiger partial charge in [-0.3, -0.25) is 9.78 Å². The first-order valence-electron chi connectivity index (χ1n) is 8.94. The molecule has 130 valence electrons. The molecule has 4 heterocycles. The van der Waals surface area contributed by atoms with Crippen molar-refractivity contribution in [1.82, 2.24) is 24.8 Å². The second-order valence-corrected chi connectivity index (χ2v) is 6.97. The SMILES string of the molecule is CN1CCC(c2ncc3c(n2)CCN(C(=O)c2ccccn2)C3)CC1. The van der Waals surface area contributed by atoms with E-state index in [0.717, 1.165) is 49.4 Å². The van der Waals surface area contributed by atoms with E-state index in [0.29, 0.717) is 24.7 Å². The Balaban J connectivity index is 1.48. The van der Waals surface area contributed by atoms with Crippen molar-refractivity contribution < 1.29 is 4.79 Å². The van der Waals surface area contributed by atoms with Gasteiger partial charge in [0.25, 0.3) is 5.91 Å². The van der Waals surface area contributed by atoms with Crippen LogP contribution in [0.4, 0.5) is 0 Å². The third-order valence-electron chi connectivity index (χ3n) is 5.21. The van der Waals surface area contributed by atoms with Crippen LogP contribution < -0.4 is 0 Å². The standard InChI is InChI=1S/C19H23N5O/c1-23-9-5-14(6-10-23)18-21-12-15-13-24(11-7-16(15)22-18)19(25)17-4-2-3-8-20-17/h2-4,8,12,14H,5-7,9-11,13H2,1H3. The van der Waals surface area contributed by atoms with Gasteiger partial charge in [0.05, 0.1) is 5.69 Å². The molecule has 25 heavy (non-hydrogen) atoms. The molecule has 2 aliphatic rings. The minimum atomic E-state index is -0.0226. The predicted molar refractivity (Wildman–Crippen MR) is 94.2 cm³/mol. The van der Waals surface area contributed by atoms with Gasteiger partial charge in [0.2, 0.25) is 0 Å². The van der Waals surface area contributed by atoms with Crippen molar-refractivity contribution in [3.63, 3.8) is 0 Å². The average Bonchev–Trinajstić information content (AvgIpc) is 2.68. The lowest BCUT2D eigenvalue weighted by molar-refractivity contribution is 0.0727. The van der Waals surface area contributed by atoms with Crippen LogP contribution in [0.1, 0.15) is 46.3 Å². The van der Waals surface area contributed by atoms with Crippen LogP contribution in [-0.2, 0) is 13.0 Å². The zero-order chi connectivity index (χ0) is 17.2. The molecule has 0 atom stereocenters. The minimum Gasteiger partial charge on any atom is -0.332 e. The Morgan fingerprint density at radius 3 is 2.76 bits per heavy atom. The molecule has 0 radical (unpaired) electrons. The smallest absolute Gasteiger partial charge is 0.272 e. The number of fused-ring (bicyclic) bond motifs is 1. The fraction of sp³-hybridized carbons (Fsp3) is 0.474. The highest BCUT2D eigenvalue weighted by molar-refractivity contribution is 5.92. The van der Waals surface area contributed by atoms with Crippen molar-refractivity contribution in [2.24, 2.45) is 0 Å². The van der Waals surface area contributed by atoms with Crippen LogP contribution in [-0.4, -0.2) is 57.3 Å². The molecule has 0 aliphatic carbocycles. The highest BCUT2D eigenvalue weighted by Crippen LogP contribution is 2.26. The maximum Gasteiger partial charge on any atom is 0.272 e. The summed E-state index contributed by atoms with van der Waals surface area (Å²) in [6.45, 7) is 3.47. The lowest BCUT2D eigenvalue weighted by Crippen LogP contribution is -2.37. The van der Waals surface area contributed by atoms with Crippen LogP contribution in [0.25, 0.3) is 0 Å². The Kier molecular flexibility index (Phi) is 4.44. The zero-order valence-corrected chi connectivity index (χ0v) is 14.6. The molecule has 1 amide bonds. The number of aromatic nitrogens is 3. The third-order valence-corrected chi connectivity index (χ3v) is 5.21. The van der Waals surface area contributed by atoms with Crippen LogP contribution >= 0.6 is 0 Å². The van der Waals surface area contributed by atoms with Gasteiger partial charge >= 0.3 is 0 Å². The summed E-state index contributed by atoms with van der Waals surface area (Å²) in [5.74, 6) is 1.43. The normalized spacial score (nSPS) is 18.8. The first-order valence-corrected chi connectivity index (χ1v) is 8.94. The van der Waals surface area contributed by atoms with E-state index in [-0.39, 0.29) is 5.91 Å². The van der Waals surface area contributed by atoms with Gasteiger partial charge in [0.1, 0.15) is 11.5 Å². The van der Waals surface area contributed by atoms with E-state index in [9.17, 15) is 4.79 Å². The topological polar surface area (TPSA) is 62.2 Å². The van der Waals surface area contributed by atoms with Gasteiger partial charge in [-0.1, -0.05) is 6.07 Å². The molecule has 0 bridgehead atoms. The number of rotatable bonds is 2. The molecule has 2 aromatic rings. The summed E-state index contributed by atoms with van der Waals surface area (Å²) in [5, 5.41) is 0. The number of hydrogen-bond acceptors (Lipinski definition) is 5. The monoisotopic (exact) mass is 337 g/mol. The first kappa shape index (κ1) is 16.1. The van der Waals surface area contributed by atoms with E-state index in [1.165, 1.54) is 0 Å². The molecule has 2 aliphatic heterocycles. The van der Waals surface area contributed by atoms with Crippen molar-refractivity contribution in [3.8, 4) is 0 Å². The van der Waals surface area contributed by atoms with Crippen molar-refractivity contribution in [3.05, 3.63) is 53.4 Å². The van der Waals surface area contributed by atoms with Crippen molar-refractivity contribution in [2.75, 3.05) is 26.7 Å². The Morgan fingerprint density at radius 1 is 1.16 bits per heavy atom. The van der Waals surface area contributed by atoms with Gasteiger partial charge in [-0.05, 0) is 45.1 Å². The van der Waals surface area contributed by atoms with E-state index in [4.69, 9.17) is 4.98 Å². The third kappa shape index (κ3) is 3.39. The minimum absolute atomic E-state index is 0.0226. The van der Waals surface area contributed by atoms with Gasteiger partial charge in [-0.2, -0.15) is 0 Å². The Morgan fingerprint density at radius 2 is 2.00 bits per heavy atom. The summed E-state index contributed by atoms with van der Waals surface area (Å²) in [4.78, 5) is 30.4. The summed E-state index contributed by atoms with van der Waals surface area (Å²) in [6.07, 6.45) is 6.62. The van der Waals surface area contributed by atoms with Crippen LogP contribution in [0.2, 0.25) is 0 Å². The molecule has 1 saturated heterocycles. The lowest BCUT2D eigenvalue weighted by Gasteiger charge is -2.30. The molecule has 0 N–H and O–H groups in total. The molecule has 0 aromatic carbocycles.